The maximum absolute atomic E-state index is 9.55. The number of aliphatic carboxylic acids is 2. The molecule has 3 aliphatic rings. The van der Waals surface area contributed by atoms with Crippen molar-refractivity contribution in [2.75, 3.05) is 19.6 Å². The number of carbonyl (C=O) groups is 2. The van der Waals surface area contributed by atoms with Crippen LogP contribution in [0.4, 0.5) is 0 Å². The molecule has 0 aromatic carbocycles. The molecule has 9 heteroatoms. The second-order valence-corrected chi connectivity index (χ2v) is 6.86. The van der Waals surface area contributed by atoms with Crippen LogP contribution < -0.4 is 0 Å². The van der Waals surface area contributed by atoms with Crippen molar-refractivity contribution in [2.45, 2.75) is 19.3 Å². The summed E-state index contributed by atoms with van der Waals surface area (Å²) in [4.78, 5) is 30.2. The van der Waals surface area contributed by atoms with Crippen LogP contribution in [0.25, 0.3) is 11.4 Å². The Labute approximate surface area is 161 Å². The van der Waals surface area contributed by atoms with Gasteiger partial charge in [-0.3, -0.25) is 4.98 Å². The molecule has 3 saturated heterocycles. The third-order valence-electron chi connectivity index (χ3n) is 5.00. The van der Waals surface area contributed by atoms with Gasteiger partial charge in [0, 0.05) is 43.1 Å². The van der Waals surface area contributed by atoms with E-state index >= 15 is 0 Å². The van der Waals surface area contributed by atoms with Crippen molar-refractivity contribution in [2.24, 2.45) is 11.8 Å². The average Bonchev–Trinajstić information content (AvgIpc) is 3.17. The standard InChI is InChI=1S/C15H18N4O.C4H4O4/c1-5-16-6-2-12(1)15-17-14(20-18-15)9-13-10-19-7-3-11(13)4-8-19;5-3(6)1-2-4(7)8/h1-2,5-6,11,13H,3-4,7-10H2;1-2H,(H,5,6)(H,7,8)/b;2-1+. The molecule has 0 amide bonds. The maximum atomic E-state index is 9.55. The fourth-order valence-electron chi connectivity index (χ4n) is 3.64. The van der Waals surface area contributed by atoms with Crippen LogP contribution in [0.1, 0.15) is 18.7 Å². The molecule has 0 radical (unpaired) electrons. The van der Waals surface area contributed by atoms with Crippen LogP contribution in [0.3, 0.4) is 0 Å². The van der Waals surface area contributed by atoms with Gasteiger partial charge in [-0.2, -0.15) is 4.98 Å². The first-order chi connectivity index (χ1) is 13.5. The summed E-state index contributed by atoms with van der Waals surface area (Å²) in [7, 11) is 0. The fraction of sp³-hybridized carbons (Fsp3) is 0.421. The molecular formula is C19H22N4O5. The zero-order valence-corrected chi connectivity index (χ0v) is 15.3. The van der Waals surface area contributed by atoms with Crippen molar-refractivity contribution in [1.82, 2.24) is 20.0 Å². The first-order valence-electron chi connectivity index (χ1n) is 9.10. The van der Waals surface area contributed by atoms with Gasteiger partial charge in [-0.15, -0.1) is 0 Å². The van der Waals surface area contributed by atoms with Gasteiger partial charge < -0.3 is 19.6 Å². The zero-order chi connectivity index (χ0) is 19.9. The highest BCUT2D eigenvalue weighted by atomic mass is 16.5. The van der Waals surface area contributed by atoms with Gasteiger partial charge in [0.05, 0.1) is 0 Å². The van der Waals surface area contributed by atoms with Gasteiger partial charge in [-0.05, 0) is 49.9 Å². The Morgan fingerprint density at radius 1 is 1.14 bits per heavy atom. The van der Waals surface area contributed by atoms with Gasteiger partial charge in [-0.1, -0.05) is 5.16 Å². The SMILES string of the molecule is O=C(O)/C=C/C(=O)O.c1cc(-c2noc(CC3CN4CCC3CC4)n2)ccn1. The Morgan fingerprint density at radius 3 is 2.32 bits per heavy atom. The number of aromatic nitrogens is 3. The third-order valence-corrected chi connectivity index (χ3v) is 5.00. The number of pyridine rings is 1. The summed E-state index contributed by atoms with van der Waals surface area (Å²) >= 11 is 0. The molecule has 5 rings (SSSR count). The number of carboxylic acids is 2. The maximum Gasteiger partial charge on any atom is 0.328 e. The van der Waals surface area contributed by atoms with E-state index in [0.29, 0.717) is 23.9 Å². The van der Waals surface area contributed by atoms with E-state index in [1.807, 2.05) is 12.1 Å². The van der Waals surface area contributed by atoms with Crippen LogP contribution in [0.5, 0.6) is 0 Å². The average molecular weight is 386 g/mol. The van der Waals surface area contributed by atoms with Gasteiger partial charge in [0.15, 0.2) is 0 Å². The highest BCUT2D eigenvalue weighted by molar-refractivity contribution is 5.89. The van der Waals surface area contributed by atoms with Gasteiger partial charge >= 0.3 is 11.9 Å². The van der Waals surface area contributed by atoms with Crippen LogP contribution in [0.15, 0.2) is 41.2 Å². The lowest BCUT2D eigenvalue weighted by Gasteiger charge is -2.44. The second-order valence-electron chi connectivity index (χ2n) is 6.86. The number of hydrogen-bond donors (Lipinski definition) is 2. The lowest BCUT2D eigenvalue weighted by molar-refractivity contribution is -0.134. The number of carboxylic acid groups (broad SMARTS) is 2. The highest BCUT2D eigenvalue weighted by Crippen LogP contribution is 2.34. The molecular weight excluding hydrogens is 364 g/mol. The molecule has 148 valence electrons. The Balaban J connectivity index is 0.000000242. The number of hydrogen-bond acceptors (Lipinski definition) is 7. The predicted molar refractivity (Wildman–Crippen MR) is 98.3 cm³/mol. The third kappa shape index (κ3) is 5.46. The molecule has 2 aromatic heterocycles. The van der Waals surface area contributed by atoms with Gasteiger partial charge in [0.2, 0.25) is 11.7 Å². The summed E-state index contributed by atoms with van der Waals surface area (Å²) in [5.41, 5.74) is 0.962. The number of piperidine rings is 3. The minimum Gasteiger partial charge on any atom is -0.478 e. The van der Waals surface area contributed by atoms with Crippen LogP contribution in [-0.4, -0.2) is 61.8 Å². The summed E-state index contributed by atoms with van der Waals surface area (Å²) < 4.78 is 5.43. The molecule has 2 aromatic rings. The minimum absolute atomic E-state index is 0.558. The zero-order valence-electron chi connectivity index (χ0n) is 15.3. The first kappa shape index (κ1) is 19.7. The van der Waals surface area contributed by atoms with Crippen LogP contribution in [-0.2, 0) is 16.0 Å². The lowest BCUT2D eigenvalue weighted by atomic mass is 9.77. The molecule has 0 spiro atoms. The number of nitrogens with zero attached hydrogens (tertiary/aromatic N) is 4. The largest absolute Gasteiger partial charge is 0.478 e. The quantitative estimate of drug-likeness (QED) is 0.738. The van der Waals surface area contributed by atoms with Crippen LogP contribution in [0, 0.1) is 11.8 Å². The topological polar surface area (TPSA) is 130 Å². The smallest absolute Gasteiger partial charge is 0.328 e. The second kappa shape index (κ2) is 9.23. The Bertz CT molecular complexity index is 812. The molecule has 28 heavy (non-hydrogen) atoms. The molecule has 1 atom stereocenters. The van der Waals surface area contributed by atoms with Crippen molar-refractivity contribution in [3.05, 3.63) is 42.6 Å². The minimum atomic E-state index is -1.26. The van der Waals surface area contributed by atoms with Gasteiger partial charge in [0.1, 0.15) is 0 Å². The van der Waals surface area contributed by atoms with Crippen molar-refractivity contribution >= 4 is 11.9 Å². The van der Waals surface area contributed by atoms with Crippen LogP contribution in [0.2, 0.25) is 0 Å². The normalized spacial score (nSPS) is 23.2. The van der Waals surface area contributed by atoms with E-state index in [1.165, 1.54) is 32.5 Å². The molecule has 5 heterocycles. The number of rotatable bonds is 5. The first-order valence-corrected chi connectivity index (χ1v) is 9.10. The lowest BCUT2D eigenvalue weighted by Crippen LogP contribution is -2.48. The van der Waals surface area contributed by atoms with E-state index in [4.69, 9.17) is 14.7 Å². The molecule has 3 fully saturated rings. The van der Waals surface area contributed by atoms with Gasteiger partial charge in [-0.25, -0.2) is 9.59 Å². The van der Waals surface area contributed by atoms with Gasteiger partial charge in [0.25, 0.3) is 0 Å². The fourth-order valence-corrected chi connectivity index (χ4v) is 3.64. The van der Waals surface area contributed by atoms with E-state index < -0.39 is 11.9 Å². The predicted octanol–water partition coefficient (Wildman–Crippen LogP) is 1.73. The summed E-state index contributed by atoms with van der Waals surface area (Å²) in [6.07, 6.45) is 8.19. The van der Waals surface area contributed by atoms with E-state index in [9.17, 15) is 9.59 Å². The van der Waals surface area contributed by atoms with E-state index in [0.717, 1.165) is 23.8 Å². The molecule has 2 N–H and O–H groups in total. The summed E-state index contributed by atoms with van der Waals surface area (Å²) in [6.45, 7) is 3.73. The van der Waals surface area contributed by atoms with Crippen molar-refractivity contribution in [3.8, 4) is 11.4 Å². The molecule has 3 aliphatic heterocycles. The Morgan fingerprint density at radius 2 is 1.79 bits per heavy atom. The number of fused-ring (bicyclic) bond motifs is 3. The van der Waals surface area contributed by atoms with E-state index in [1.54, 1.807) is 12.4 Å². The van der Waals surface area contributed by atoms with E-state index in [-0.39, 0.29) is 0 Å². The van der Waals surface area contributed by atoms with Crippen LogP contribution >= 0.6 is 0 Å². The summed E-state index contributed by atoms with van der Waals surface area (Å²) in [5.74, 6) is 0.457. The highest BCUT2D eigenvalue weighted by Gasteiger charge is 2.35. The Hall–Kier alpha value is -3.07. The van der Waals surface area contributed by atoms with Crippen molar-refractivity contribution < 1.29 is 24.3 Å². The molecule has 1 unspecified atom stereocenters. The molecule has 0 saturated carbocycles. The monoisotopic (exact) mass is 386 g/mol. The summed E-state index contributed by atoms with van der Waals surface area (Å²) in [5, 5.41) is 19.7. The molecule has 2 bridgehead atoms. The summed E-state index contributed by atoms with van der Waals surface area (Å²) in [6, 6.07) is 3.81. The van der Waals surface area contributed by atoms with Crippen molar-refractivity contribution in [1.29, 1.82) is 0 Å². The molecule has 0 aliphatic carbocycles. The van der Waals surface area contributed by atoms with E-state index in [2.05, 4.69) is 20.0 Å². The molecule has 9 nitrogen and oxygen atoms in total. The van der Waals surface area contributed by atoms with Crippen molar-refractivity contribution in [3.63, 3.8) is 0 Å². The Kier molecular flexibility index (Phi) is 6.49.